The average molecular weight is 308 g/mol. The molecule has 0 aromatic carbocycles. The number of aromatic nitrogens is 5. The van der Waals surface area contributed by atoms with Gasteiger partial charge in [-0.25, -0.2) is 15.0 Å². The van der Waals surface area contributed by atoms with Crippen LogP contribution in [0.15, 0.2) is 37.2 Å². The molecule has 0 N–H and O–H groups in total. The molecule has 3 aromatic heterocycles. The van der Waals surface area contributed by atoms with E-state index in [1.165, 1.54) is 24.1 Å². The van der Waals surface area contributed by atoms with Gasteiger partial charge in [0.1, 0.15) is 5.52 Å². The summed E-state index contributed by atoms with van der Waals surface area (Å²) >= 11 is 0. The molecule has 23 heavy (non-hydrogen) atoms. The van der Waals surface area contributed by atoms with Crippen LogP contribution in [0.4, 0.5) is 0 Å². The normalized spacial score (nSPS) is 16.9. The maximum absolute atomic E-state index is 4.45. The van der Waals surface area contributed by atoms with Gasteiger partial charge in [0.25, 0.3) is 0 Å². The molecule has 0 atom stereocenters. The van der Waals surface area contributed by atoms with Gasteiger partial charge in [0, 0.05) is 50.0 Å². The monoisotopic (exact) mass is 308 g/mol. The van der Waals surface area contributed by atoms with Crippen LogP contribution in [0.1, 0.15) is 30.0 Å². The third-order valence-corrected chi connectivity index (χ3v) is 4.71. The van der Waals surface area contributed by atoms with Gasteiger partial charge in [-0.05, 0) is 37.6 Å². The molecule has 1 aliphatic rings. The number of pyridine rings is 1. The summed E-state index contributed by atoms with van der Waals surface area (Å²) in [6.07, 6.45) is 11.5. The van der Waals surface area contributed by atoms with Crippen LogP contribution in [0, 0.1) is 0 Å². The largest absolute Gasteiger partial charge is 0.337 e. The molecule has 1 saturated heterocycles. The van der Waals surface area contributed by atoms with Crippen molar-refractivity contribution in [1.29, 1.82) is 0 Å². The molecule has 0 saturated carbocycles. The summed E-state index contributed by atoms with van der Waals surface area (Å²) in [6, 6.07) is 2.06. The number of hydrogen-bond acceptors (Lipinski definition) is 5. The van der Waals surface area contributed by atoms with Crippen molar-refractivity contribution in [2.45, 2.75) is 25.3 Å². The van der Waals surface area contributed by atoms with Crippen LogP contribution in [0.2, 0.25) is 0 Å². The fourth-order valence-corrected chi connectivity index (χ4v) is 3.44. The van der Waals surface area contributed by atoms with Gasteiger partial charge in [-0.1, -0.05) is 0 Å². The molecule has 1 aliphatic heterocycles. The number of hydrogen-bond donors (Lipinski definition) is 0. The fraction of sp³-hybridized carbons (Fsp3) is 0.412. The van der Waals surface area contributed by atoms with E-state index in [-0.39, 0.29) is 0 Å². The van der Waals surface area contributed by atoms with E-state index in [0.717, 1.165) is 30.8 Å². The Morgan fingerprint density at radius 2 is 1.87 bits per heavy atom. The van der Waals surface area contributed by atoms with Gasteiger partial charge in [0.05, 0.1) is 6.33 Å². The highest BCUT2D eigenvalue weighted by atomic mass is 15.1. The zero-order valence-corrected chi connectivity index (χ0v) is 13.3. The van der Waals surface area contributed by atoms with E-state index < -0.39 is 0 Å². The molecule has 118 valence electrons. The van der Waals surface area contributed by atoms with Crippen molar-refractivity contribution in [2.75, 3.05) is 13.1 Å². The summed E-state index contributed by atoms with van der Waals surface area (Å²) in [4.78, 5) is 19.8. The van der Waals surface area contributed by atoms with E-state index in [9.17, 15) is 0 Å². The van der Waals surface area contributed by atoms with Crippen LogP contribution in [-0.2, 0) is 13.6 Å². The lowest BCUT2D eigenvalue weighted by atomic mass is 9.93. The van der Waals surface area contributed by atoms with Gasteiger partial charge in [-0.2, -0.15) is 0 Å². The highest BCUT2D eigenvalue weighted by Crippen LogP contribution is 2.28. The summed E-state index contributed by atoms with van der Waals surface area (Å²) in [5.74, 6) is 0.618. The Bertz CT molecular complexity index is 798. The van der Waals surface area contributed by atoms with Gasteiger partial charge in [0.15, 0.2) is 5.65 Å². The predicted molar refractivity (Wildman–Crippen MR) is 87.8 cm³/mol. The Balaban J connectivity index is 1.46. The molecule has 0 unspecified atom stereocenters. The third-order valence-electron chi connectivity index (χ3n) is 4.71. The van der Waals surface area contributed by atoms with Crippen molar-refractivity contribution < 1.29 is 0 Å². The number of aryl methyl sites for hydroxylation is 1. The molecule has 6 nitrogen and oxygen atoms in total. The molecule has 4 heterocycles. The van der Waals surface area contributed by atoms with E-state index >= 15 is 0 Å². The molecule has 4 rings (SSSR count). The quantitative estimate of drug-likeness (QED) is 0.742. The zero-order valence-electron chi connectivity index (χ0n) is 13.3. The number of nitrogens with zero attached hydrogens (tertiary/aromatic N) is 6. The Kier molecular flexibility index (Phi) is 3.75. The molecular formula is C17H20N6. The minimum absolute atomic E-state index is 0.618. The second-order valence-corrected chi connectivity index (χ2v) is 6.18. The van der Waals surface area contributed by atoms with Gasteiger partial charge in [-0.15, -0.1) is 0 Å². The second-order valence-electron chi connectivity index (χ2n) is 6.18. The standard InChI is InChI=1S/C17H20N6/c1-22-12-18-10-15(22)13-3-8-23(9-4-13)11-14-2-5-20-17-16(14)19-6-7-21-17/h2,5-7,10,12-13H,3-4,8-9,11H2,1H3. The van der Waals surface area contributed by atoms with Crippen molar-refractivity contribution in [2.24, 2.45) is 7.05 Å². The van der Waals surface area contributed by atoms with Gasteiger partial charge in [-0.3, -0.25) is 9.88 Å². The van der Waals surface area contributed by atoms with Gasteiger partial charge < -0.3 is 4.57 Å². The first-order valence-electron chi connectivity index (χ1n) is 8.04. The van der Waals surface area contributed by atoms with Crippen LogP contribution >= 0.6 is 0 Å². The number of rotatable bonds is 3. The zero-order chi connectivity index (χ0) is 15.6. The van der Waals surface area contributed by atoms with Crippen molar-refractivity contribution >= 4 is 11.2 Å². The van der Waals surface area contributed by atoms with Crippen LogP contribution in [0.3, 0.4) is 0 Å². The Morgan fingerprint density at radius 3 is 2.65 bits per heavy atom. The number of piperidine rings is 1. The average Bonchev–Trinajstić information content (AvgIpc) is 3.02. The summed E-state index contributed by atoms with van der Waals surface area (Å²) < 4.78 is 2.15. The van der Waals surface area contributed by atoms with Gasteiger partial charge in [0.2, 0.25) is 0 Å². The third kappa shape index (κ3) is 2.82. The Morgan fingerprint density at radius 1 is 1.09 bits per heavy atom. The van der Waals surface area contributed by atoms with Crippen LogP contribution in [-0.4, -0.2) is 42.5 Å². The van der Waals surface area contributed by atoms with E-state index in [1.807, 2.05) is 18.7 Å². The van der Waals surface area contributed by atoms with Crippen LogP contribution < -0.4 is 0 Å². The summed E-state index contributed by atoms with van der Waals surface area (Å²) in [5.41, 5.74) is 4.21. The molecule has 1 fully saturated rings. The molecule has 3 aromatic rings. The van der Waals surface area contributed by atoms with E-state index in [0.29, 0.717) is 5.92 Å². The lowest BCUT2D eigenvalue weighted by molar-refractivity contribution is 0.202. The predicted octanol–water partition coefficient (Wildman–Crippen LogP) is 2.14. The molecule has 0 bridgehead atoms. The first-order chi connectivity index (χ1) is 11.3. The smallest absolute Gasteiger partial charge is 0.178 e. The van der Waals surface area contributed by atoms with Crippen molar-refractivity contribution in [3.63, 3.8) is 0 Å². The molecule has 0 spiro atoms. The van der Waals surface area contributed by atoms with Crippen LogP contribution in [0.25, 0.3) is 11.2 Å². The molecular weight excluding hydrogens is 288 g/mol. The SMILES string of the molecule is Cn1cncc1C1CCN(Cc2ccnc3nccnc23)CC1. The molecule has 0 radical (unpaired) electrons. The fourth-order valence-electron chi connectivity index (χ4n) is 3.44. The van der Waals surface area contributed by atoms with E-state index in [2.05, 4.69) is 42.5 Å². The minimum Gasteiger partial charge on any atom is -0.337 e. The first-order valence-corrected chi connectivity index (χ1v) is 8.04. The Hall–Kier alpha value is -2.34. The van der Waals surface area contributed by atoms with Crippen molar-refractivity contribution in [3.05, 3.63) is 48.4 Å². The summed E-state index contributed by atoms with van der Waals surface area (Å²) in [5, 5.41) is 0. The minimum atomic E-state index is 0.618. The van der Waals surface area contributed by atoms with Crippen LogP contribution in [0.5, 0.6) is 0 Å². The molecule has 6 heteroatoms. The maximum Gasteiger partial charge on any atom is 0.178 e. The highest BCUT2D eigenvalue weighted by Gasteiger charge is 2.23. The number of likely N-dealkylation sites (tertiary alicyclic amines) is 1. The Labute approximate surface area is 135 Å². The summed E-state index contributed by atoms with van der Waals surface area (Å²) in [6.45, 7) is 3.11. The van der Waals surface area contributed by atoms with Crippen molar-refractivity contribution in [1.82, 2.24) is 29.4 Å². The van der Waals surface area contributed by atoms with E-state index in [4.69, 9.17) is 0 Å². The lowest BCUT2D eigenvalue weighted by Gasteiger charge is -2.32. The summed E-state index contributed by atoms with van der Waals surface area (Å²) in [7, 11) is 2.08. The topological polar surface area (TPSA) is 59.7 Å². The lowest BCUT2D eigenvalue weighted by Crippen LogP contribution is -2.33. The maximum atomic E-state index is 4.45. The first kappa shape index (κ1) is 14.3. The number of fused-ring (bicyclic) bond motifs is 1. The second kappa shape index (κ2) is 6.04. The molecule has 0 aliphatic carbocycles. The van der Waals surface area contributed by atoms with Crippen molar-refractivity contribution in [3.8, 4) is 0 Å². The number of imidazole rings is 1. The highest BCUT2D eigenvalue weighted by molar-refractivity contribution is 5.72. The van der Waals surface area contributed by atoms with E-state index in [1.54, 1.807) is 12.4 Å². The van der Waals surface area contributed by atoms with Gasteiger partial charge >= 0.3 is 0 Å². The molecule has 0 amide bonds.